The van der Waals surface area contributed by atoms with Crippen molar-refractivity contribution in [3.05, 3.63) is 41.3 Å². The number of benzene rings is 1. The Morgan fingerprint density at radius 1 is 1.40 bits per heavy atom. The van der Waals surface area contributed by atoms with Gasteiger partial charge >= 0.3 is 0 Å². The topological polar surface area (TPSA) is 45.0 Å². The van der Waals surface area contributed by atoms with Crippen LogP contribution >= 0.6 is 0 Å². The van der Waals surface area contributed by atoms with E-state index in [0.717, 1.165) is 11.1 Å². The molecule has 0 saturated carbocycles. The van der Waals surface area contributed by atoms with Crippen LogP contribution in [0.5, 0.6) is 0 Å². The van der Waals surface area contributed by atoms with Crippen molar-refractivity contribution in [2.45, 2.75) is 13.0 Å². The number of methoxy groups -OCH3 is 1. The van der Waals surface area contributed by atoms with E-state index in [4.69, 9.17) is 10.00 Å². The Bertz CT molecular complexity index is 457. The minimum atomic E-state index is 0.174. The first kappa shape index (κ1) is 9.60. The molecule has 0 amide bonds. The standard InChI is InChI=1S/C12H12N2O/c1-8-9-5-3-4-6-10(9)11(7-13)12(14-8)15-2/h3-6,8,14H,1-2H3. The zero-order valence-corrected chi connectivity index (χ0v) is 8.74. The monoisotopic (exact) mass is 200 g/mol. The second-order valence-corrected chi connectivity index (χ2v) is 3.47. The number of allylic oxidation sites excluding steroid dienone is 1. The number of nitriles is 1. The predicted molar refractivity (Wildman–Crippen MR) is 57.5 cm³/mol. The van der Waals surface area contributed by atoms with Gasteiger partial charge < -0.3 is 10.1 Å². The molecule has 76 valence electrons. The highest BCUT2D eigenvalue weighted by Gasteiger charge is 2.23. The van der Waals surface area contributed by atoms with Gasteiger partial charge in [0, 0.05) is 5.56 Å². The predicted octanol–water partition coefficient (Wildman–Crippen LogP) is 2.19. The van der Waals surface area contributed by atoms with Gasteiger partial charge in [-0.25, -0.2) is 0 Å². The van der Waals surface area contributed by atoms with E-state index in [1.807, 2.05) is 31.2 Å². The van der Waals surface area contributed by atoms with Crippen molar-refractivity contribution in [3.63, 3.8) is 0 Å². The molecule has 1 heterocycles. The number of rotatable bonds is 1. The lowest BCUT2D eigenvalue weighted by molar-refractivity contribution is 0.252. The Hall–Kier alpha value is -1.95. The van der Waals surface area contributed by atoms with E-state index >= 15 is 0 Å². The Labute approximate surface area is 89.0 Å². The fourth-order valence-electron chi connectivity index (χ4n) is 1.84. The number of nitrogens with zero attached hydrogens (tertiary/aromatic N) is 1. The highest BCUT2D eigenvalue weighted by molar-refractivity contribution is 5.81. The summed E-state index contributed by atoms with van der Waals surface area (Å²) in [5.41, 5.74) is 2.67. The maximum atomic E-state index is 9.10. The number of fused-ring (bicyclic) bond motifs is 1. The van der Waals surface area contributed by atoms with Crippen molar-refractivity contribution in [3.8, 4) is 6.07 Å². The number of ether oxygens (including phenoxy) is 1. The molecule has 0 bridgehead atoms. The van der Waals surface area contributed by atoms with Gasteiger partial charge in [-0.05, 0) is 12.5 Å². The lowest BCUT2D eigenvalue weighted by atomic mass is 9.93. The van der Waals surface area contributed by atoms with Crippen LogP contribution in [0.3, 0.4) is 0 Å². The third-order valence-corrected chi connectivity index (χ3v) is 2.59. The van der Waals surface area contributed by atoms with E-state index in [2.05, 4.69) is 11.4 Å². The van der Waals surface area contributed by atoms with Gasteiger partial charge in [-0.3, -0.25) is 0 Å². The summed E-state index contributed by atoms with van der Waals surface area (Å²) in [6.07, 6.45) is 0. The molecule has 1 aromatic carbocycles. The van der Waals surface area contributed by atoms with Gasteiger partial charge in [-0.1, -0.05) is 24.3 Å². The molecule has 1 aliphatic heterocycles. The lowest BCUT2D eigenvalue weighted by Crippen LogP contribution is -2.25. The molecule has 0 aliphatic carbocycles. The van der Waals surface area contributed by atoms with E-state index in [9.17, 15) is 0 Å². The van der Waals surface area contributed by atoms with Gasteiger partial charge in [0.25, 0.3) is 0 Å². The second kappa shape index (κ2) is 3.66. The summed E-state index contributed by atoms with van der Waals surface area (Å²) in [6, 6.07) is 10.2. The minimum absolute atomic E-state index is 0.174. The van der Waals surface area contributed by atoms with Crippen LogP contribution in [0.25, 0.3) is 5.57 Å². The summed E-state index contributed by atoms with van der Waals surface area (Å²) in [4.78, 5) is 0. The molecule has 1 unspecified atom stereocenters. The molecule has 0 fully saturated rings. The molecule has 1 aliphatic rings. The van der Waals surface area contributed by atoms with E-state index in [0.29, 0.717) is 11.5 Å². The lowest BCUT2D eigenvalue weighted by Gasteiger charge is -2.25. The molecule has 1 N–H and O–H groups in total. The van der Waals surface area contributed by atoms with Crippen molar-refractivity contribution in [2.24, 2.45) is 0 Å². The molecule has 0 spiro atoms. The van der Waals surface area contributed by atoms with Gasteiger partial charge in [0.05, 0.1) is 13.2 Å². The summed E-state index contributed by atoms with van der Waals surface area (Å²) >= 11 is 0. The Morgan fingerprint density at radius 2 is 2.13 bits per heavy atom. The number of hydrogen-bond acceptors (Lipinski definition) is 3. The quantitative estimate of drug-likeness (QED) is 0.755. The average Bonchev–Trinajstić information content (AvgIpc) is 2.29. The van der Waals surface area contributed by atoms with Gasteiger partial charge in [0.15, 0.2) is 0 Å². The molecule has 1 atom stereocenters. The van der Waals surface area contributed by atoms with Crippen molar-refractivity contribution in [1.29, 1.82) is 5.26 Å². The smallest absolute Gasteiger partial charge is 0.205 e. The Kier molecular flexibility index (Phi) is 2.34. The van der Waals surface area contributed by atoms with E-state index in [-0.39, 0.29) is 6.04 Å². The molecule has 3 heteroatoms. The molecule has 0 radical (unpaired) electrons. The SMILES string of the molecule is COC1=C(C#N)c2ccccc2C(C)N1. The van der Waals surface area contributed by atoms with Crippen molar-refractivity contribution >= 4 is 5.57 Å². The summed E-state index contributed by atoms with van der Waals surface area (Å²) in [7, 11) is 1.57. The third kappa shape index (κ3) is 1.44. The van der Waals surface area contributed by atoms with Crippen molar-refractivity contribution < 1.29 is 4.74 Å². The molecule has 15 heavy (non-hydrogen) atoms. The van der Waals surface area contributed by atoms with Crippen LogP contribution in [-0.2, 0) is 4.74 Å². The molecular formula is C12H12N2O. The summed E-state index contributed by atoms with van der Waals surface area (Å²) in [5, 5.41) is 12.3. The first-order chi connectivity index (χ1) is 7.27. The van der Waals surface area contributed by atoms with E-state index in [1.165, 1.54) is 0 Å². The van der Waals surface area contributed by atoms with E-state index < -0.39 is 0 Å². The number of nitrogens with one attached hydrogen (secondary N) is 1. The second-order valence-electron chi connectivity index (χ2n) is 3.47. The largest absolute Gasteiger partial charge is 0.482 e. The van der Waals surface area contributed by atoms with Crippen LogP contribution in [-0.4, -0.2) is 7.11 Å². The Balaban J connectivity index is 2.64. The molecule has 0 aromatic heterocycles. The van der Waals surface area contributed by atoms with E-state index in [1.54, 1.807) is 7.11 Å². The summed E-state index contributed by atoms with van der Waals surface area (Å²) in [6.45, 7) is 2.05. The van der Waals surface area contributed by atoms with Gasteiger partial charge in [0.2, 0.25) is 5.88 Å². The first-order valence-corrected chi connectivity index (χ1v) is 4.82. The number of hydrogen-bond donors (Lipinski definition) is 1. The molecule has 3 nitrogen and oxygen atoms in total. The third-order valence-electron chi connectivity index (χ3n) is 2.59. The zero-order chi connectivity index (χ0) is 10.8. The average molecular weight is 200 g/mol. The van der Waals surface area contributed by atoms with Crippen LogP contribution in [0.15, 0.2) is 30.1 Å². The maximum absolute atomic E-state index is 9.10. The highest BCUT2D eigenvalue weighted by atomic mass is 16.5. The fourth-order valence-corrected chi connectivity index (χ4v) is 1.84. The van der Waals surface area contributed by atoms with Crippen LogP contribution in [0.1, 0.15) is 24.1 Å². The van der Waals surface area contributed by atoms with Crippen LogP contribution in [0, 0.1) is 11.3 Å². The van der Waals surface area contributed by atoms with Crippen LogP contribution < -0.4 is 5.32 Å². The maximum Gasteiger partial charge on any atom is 0.205 e. The first-order valence-electron chi connectivity index (χ1n) is 4.82. The molecule has 2 rings (SSSR count). The van der Waals surface area contributed by atoms with Crippen molar-refractivity contribution in [2.75, 3.05) is 7.11 Å². The zero-order valence-electron chi connectivity index (χ0n) is 8.74. The van der Waals surface area contributed by atoms with Crippen molar-refractivity contribution in [1.82, 2.24) is 5.32 Å². The van der Waals surface area contributed by atoms with Gasteiger partial charge in [0.1, 0.15) is 11.6 Å². The molecule has 0 saturated heterocycles. The normalized spacial score (nSPS) is 18.9. The fraction of sp³-hybridized carbons (Fsp3) is 0.250. The van der Waals surface area contributed by atoms with Gasteiger partial charge in [-0.2, -0.15) is 5.26 Å². The summed E-state index contributed by atoms with van der Waals surface area (Å²) in [5.74, 6) is 0.559. The highest BCUT2D eigenvalue weighted by Crippen LogP contribution is 2.31. The van der Waals surface area contributed by atoms with Crippen LogP contribution in [0.4, 0.5) is 0 Å². The van der Waals surface area contributed by atoms with Gasteiger partial charge in [-0.15, -0.1) is 0 Å². The molecular weight excluding hydrogens is 188 g/mol. The summed E-state index contributed by atoms with van der Waals surface area (Å²) < 4.78 is 5.17. The minimum Gasteiger partial charge on any atom is -0.482 e. The Morgan fingerprint density at radius 3 is 2.80 bits per heavy atom. The van der Waals surface area contributed by atoms with Crippen LogP contribution in [0.2, 0.25) is 0 Å². The molecule has 1 aromatic rings.